The van der Waals surface area contributed by atoms with Crippen molar-refractivity contribution in [3.8, 4) is 0 Å². The second-order valence-corrected chi connectivity index (χ2v) is 6.48. The van der Waals surface area contributed by atoms with Crippen LogP contribution in [0.3, 0.4) is 0 Å². The van der Waals surface area contributed by atoms with Crippen LogP contribution >= 0.6 is 23.2 Å². The third kappa shape index (κ3) is 5.61. The summed E-state index contributed by atoms with van der Waals surface area (Å²) in [4.78, 5) is 25.4. The van der Waals surface area contributed by atoms with Crippen molar-refractivity contribution in [3.63, 3.8) is 0 Å². The molecule has 26 heavy (non-hydrogen) atoms. The van der Waals surface area contributed by atoms with E-state index >= 15 is 0 Å². The van der Waals surface area contributed by atoms with E-state index in [0.717, 1.165) is 5.56 Å². The fraction of sp³-hybridized carbons (Fsp3) is 0.200. The first-order chi connectivity index (χ1) is 12.4. The molecule has 2 aromatic carbocycles. The molecule has 2 aromatic rings. The van der Waals surface area contributed by atoms with Gasteiger partial charge in [0.15, 0.2) is 0 Å². The van der Waals surface area contributed by atoms with E-state index in [9.17, 15) is 9.59 Å². The van der Waals surface area contributed by atoms with E-state index < -0.39 is 0 Å². The van der Waals surface area contributed by atoms with Gasteiger partial charge in [-0.1, -0.05) is 47.5 Å². The van der Waals surface area contributed by atoms with Crippen molar-refractivity contribution in [2.45, 2.75) is 20.4 Å². The molecule has 136 valence electrons. The molecule has 2 rings (SSSR count). The summed E-state index contributed by atoms with van der Waals surface area (Å²) in [6.45, 7) is 4.61. The summed E-state index contributed by atoms with van der Waals surface area (Å²) in [7, 11) is 0. The van der Waals surface area contributed by atoms with Crippen LogP contribution in [-0.2, 0) is 16.1 Å². The molecule has 0 aliphatic heterocycles. The van der Waals surface area contributed by atoms with Crippen molar-refractivity contribution in [1.29, 1.82) is 0 Å². The summed E-state index contributed by atoms with van der Waals surface area (Å²) in [5.74, 6) is -0.264. The number of rotatable bonds is 6. The summed E-state index contributed by atoms with van der Waals surface area (Å²) < 4.78 is 0. The summed E-state index contributed by atoms with van der Waals surface area (Å²) >= 11 is 12.1. The molecular formula is C20H20Cl2N2O2. The largest absolute Gasteiger partial charge is 0.339 e. The number of hydrogen-bond acceptors (Lipinski definition) is 2. The maximum Gasteiger partial charge on any atom is 0.248 e. The van der Waals surface area contributed by atoms with Crippen LogP contribution in [0.2, 0.25) is 10.0 Å². The topological polar surface area (TPSA) is 49.4 Å². The molecule has 0 fully saturated rings. The van der Waals surface area contributed by atoms with Crippen LogP contribution in [-0.4, -0.2) is 23.3 Å². The fourth-order valence-corrected chi connectivity index (χ4v) is 2.78. The second kappa shape index (κ2) is 9.41. The third-order valence-corrected chi connectivity index (χ3v) is 4.62. The SMILES string of the molecule is CCN(Cc1cccc(NC(=O)/C=C/c2cccc(Cl)c2Cl)c1)C(C)=O. The Kier molecular flexibility index (Phi) is 7.25. The van der Waals surface area contributed by atoms with Crippen LogP contribution in [0.15, 0.2) is 48.5 Å². The highest BCUT2D eigenvalue weighted by Gasteiger charge is 2.08. The predicted molar refractivity (Wildman–Crippen MR) is 107 cm³/mol. The van der Waals surface area contributed by atoms with E-state index in [1.807, 2.05) is 25.1 Å². The Morgan fingerprint density at radius 2 is 1.88 bits per heavy atom. The Morgan fingerprint density at radius 3 is 2.58 bits per heavy atom. The van der Waals surface area contributed by atoms with E-state index in [4.69, 9.17) is 23.2 Å². The summed E-state index contributed by atoms with van der Waals surface area (Å²) in [5, 5.41) is 3.65. The van der Waals surface area contributed by atoms with Gasteiger partial charge in [0, 0.05) is 31.8 Å². The molecule has 2 amide bonds. The van der Waals surface area contributed by atoms with Crippen LogP contribution in [0.25, 0.3) is 6.08 Å². The molecule has 0 aliphatic carbocycles. The van der Waals surface area contributed by atoms with Crippen molar-refractivity contribution < 1.29 is 9.59 Å². The zero-order valence-corrected chi connectivity index (χ0v) is 16.1. The maximum atomic E-state index is 12.1. The normalized spacial score (nSPS) is 10.8. The summed E-state index contributed by atoms with van der Waals surface area (Å²) in [6.07, 6.45) is 3.01. The Labute approximate surface area is 163 Å². The minimum atomic E-state index is -0.280. The Balaban J connectivity index is 2.05. The maximum absolute atomic E-state index is 12.1. The highest BCUT2D eigenvalue weighted by Crippen LogP contribution is 2.26. The first kappa shape index (κ1) is 20.0. The van der Waals surface area contributed by atoms with Gasteiger partial charge < -0.3 is 10.2 Å². The van der Waals surface area contributed by atoms with Crippen molar-refractivity contribution >= 4 is 46.8 Å². The van der Waals surface area contributed by atoms with E-state index in [0.29, 0.717) is 34.4 Å². The number of nitrogens with zero attached hydrogens (tertiary/aromatic N) is 1. The van der Waals surface area contributed by atoms with Gasteiger partial charge in [-0.15, -0.1) is 0 Å². The smallest absolute Gasteiger partial charge is 0.248 e. The lowest BCUT2D eigenvalue weighted by atomic mass is 10.1. The van der Waals surface area contributed by atoms with Gasteiger partial charge in [-0.3, -0.25) is 9.59 Å². The number of hydrogen-bond donors (Lipinski definition) is 1. The lowest BCUT2D eigenvalue weighted by Crippen LogP contribution is -2.27. The molecule has 0 aromatic heterocycles. The van der Waals surface area contributed by atoms with Gasteiger partial charge in [0.25, 0.3) is 0 Å². The molecule has 0 unspecified atom stereocenters. The standard InChI is InChI=1S/C20H20Cl2N2O2/c1-3-24(14(2)25)13-15-6-4-8-17(12-15)23-19(26)11-10-16-7-5-9-18(21)20(16)22/h4-12H,3,13H2,1-2H3,(H,23,26)/b11-10+. The van der Waals surface area contributed by atoms with Gasteiger partial charge in [-0.05, 0) is 42.3 Å². The van der Waals surface area contributed by atoms with Crippen LogP contribution in [0.4, 0.5) is 5.69 Å². The van der Waals surface area contributed by atoms with Gasteiger partial charge in [0.2, 0.25) is 11.8 Å². The Hall–Kier alpha value is -2.30. The van der Waals surface area contributed by atoms with Crippen LogP contribution in [0.5, 0.6) is 0 Å². The molecule has 0 heterocycles. The predicted octanol–water partition coefficient (Wildman–Crippen LogP) is 5.01. The summed E-state index contributed by atoms with van der Waals surface area (Å²) in [6, 6.07) is 12.6. The van der Waals surface area contributed by atoms with Crippen molar-refractivity contribution in [2.24, 2.45) is 0 Å². The average Bonchev–Trinajstić information content (AvgIpc) is 2.61. The minimum absolute atomic E-state index is 0.0169. The number of carbonyl (C=O) groups excluding carboxylic acids is 2. The molecule has 0 atom stereocenters. The van der Waals surface area contributed by atoms with E-state index in [1.54, 1.807) is 42.2 Å². The molecule has 0 radical (unpaired) electrons. The first-order valence-corrected chi connectivity index (χ1v) is 8.93. The molecule has 4 nitrogen and oxygen atoms in total. The number of amides is 2. The molecule has 0 saturated heterocycles. The molecule has 0 bridgehead atoms. The quantitative estimate of drug-likeness (QED) is 0.704. The van der Waals surface area contributed by atoms with Crippen LogP contribution in [0, 0.1) is 0 Å². The number of nitrogens with one attached hydrogen (secondary N) is 1. The van der Waals surface area contributed by atoms with Crippen LogP contribution < -0.4 is 5.32 Å². The summed E-state index contributed by atoms with van der Waals surface area (Å²) in [5.41, 5.74) is 2.28. The lowest BCUT2D eigenvalue weighted by molar-refractivity contribution is -0.129. The Bertz CT molecular complexity index is 834. The zero-order chi connectivity index (χ0) is 19.1. The third-order valence-electron chi connectivity index (χ3n) is 3.79. The number of carbonyl (C=O) groups is 2. The van der Waals surface area contributed by atoms with E-state index in [2.05, 4.69) is 5.32 Å². The highest BCUT2D eigenvalue weighted by molar-refractivity contribution is 6.42. The van der Waals surface area contributed by atoms with Gasteiger partial charge >= 0.3 is 0 Å². The minimum Gasteiger partial charge on any atom is -0.339 e. The van der Waals surface area contributed by atoms with Gasteiger partial charge in [0.1, 0.15) is 0 Å². The molecule has 1 N–H and O–H groups in total. The molecule has 0 saturated carbocycles. The molecule has 6 heteroatoms. The second-order valence-electron chi connectivity index (χ2n) is 5.70. The highest BCUT2D eigenvalue weighted by atomic mass is 35.5. The van der Waals surface area contributed by atoms with E-state index in [1.165, 1.54) is 6.08 Å². The average molecular weight is 391 g/mol. The molecule has 0 spiro atoms. The van der Waals surface area contributed by atoms with Gasteiger partial charge in [-0.25, -0.2) is 0 Å². The van der Waals surface area contributed by atoms with E-state index in [-0.39, 0.29) is 11.8 Å². The molecular weight excluding hydrogens is 371 g/mol. The number of anilines is 1. The number of halogens is 2. The van der Waals surface area contributed by atoms with Gasteiger partial charge in [0.05, 0.1) is 10.0 Å². The number of benzene rings is 2. The van der Waals surface area contributed by atoms with Crippen molar-refractivity contribution in [2.75, 3.05) is 11.9 Å². The van der Waals surface area contributed by atoms with Crippen molar-refractivity contribution in [1.82, 2.24) is 4.90 Å². The monoisotopic (exact) mass is 390 g/mol. The lowest BCUT2D eigenvalue weighted by Gasteiger charge is -2.19. The van der Waals surface area contributed by atoms with Crippen molar-refractivity contribution in [3.05, 3.63) is 69.7 Å². The fourth-order valence-electron chi connectivity index (χ4n) is 2.41. The van der Waals surface area contributed by atoms with Gasteiger partial charge in [-0.2, -0.15) is 0 Å². The molecule has 0 aliphatic rings. The first-order valence-electron chi connectivity index (χ1n) is 8.18. The Morgan fingerprint density at radius 1 is 1.15 bits per heavy atom. The van der Waals surface area contributed by atoms with Crippen LogP contribution in [0.1, 0.15) is 25.0 Å². The zero-order valence-electron chi connectivity index (χ0n) is 14.6.